The first kappa shape index (κ1) is 22.3. The lowest BCUT2D eigenvalue weighted by molar-refractivity contribution is -0.161. The second-order valence-electron chi connectivity index (χ2n) is 8.44. The molecule has 0 unspecified atom stereocenters. The van der Waals surface area contributed by atoms with Gasteiger partial charge in [-0.25, -0.2) is 0 Å². The first-order chi connectivity index (χ1) is 14.4. The Morgan fingerprint density at radius 2 is 1.73 bits per heavy atom. The number of unbranched alkanes of at least 4 members (excludes halogenated alkanes) is 1. The molecule has 3 rings (SSSR count). The van der Waals surface area contributed by atoms with E-state index >= 15 is 0 Å². The zero-order valence-electron chi connectivity index (χ0n) is 18.4. The van der Waals surface area contributed by atoms with E-state index in [1.165, 1.54) is 4.90 Å². The first-order valence-corrected chi connectivity index (χ1v) is 11.0. The minimum Gasteiger partial charge on any atom is -0.341 e. The molecular weight excluding hydrogens is 380 g/mol. The summed E-state index contributed by atoms with van der Waals surface area (Å²) in [5, 5.41) is 0. The highest BCUT2D eigenvalue weighted by molar-refractivity contribution is 6.35. The van der Waals surface area contributed by atoms with Crippen LogP contribution in [0.25, 0.3) is 0 Å². The van der Waals surface area contributed by atoms with Crippen LogP contribution in [-0.4, -0.2) is 90.2 Å². The Labute approximate surface area is 179 Å². The van der Waals surface area contributed by atoms with Crippen LogP contribution in [0.4, 0.5) is 0 Å². The van der Waals surface area contributed by atoms with Crippen LogP contribution in [0.3, 0.4) is 0 Å². The second-order valence-corrected chi connectivity index (χ2v) is 8.44. The van der Waals surface area contributed by atoms with E-state index in [0.29, 0.717) is 19.6 Å². The van der Waals surface area contributed by atoms with Crippen LogP contribution in [-0.2, 0) is 14.4 Å². The summed E-state index contributed by atoms with van der Waals surface area (Å²) in [5.41, 5.74) is 0.755. The van der Waals surface area contributed by atoms with Gasteiger partial charge in [0.2, 0.25) is 5.91 Å². The molecule has 30 heavy (non-hydrogen) atoms. The summed E-state index contributed by atoms with van der Waals surface area (Å²) in [6.07, 6.45) is 3.67. The maximum atomic E-state index is 13.6. The Morgan fingerprint density at radius 1 is 1.07 bits per heavy atom. The van der Waals surface area contributed by atoms with Crippen LogP contribution < -0.4 is 0 Å². The number of likely N-dealkylation sites (tertiary alicyclic amines) is 1. The van der Waals surface area contributed by atoms with Crippen molar-refractivity contribution in [3.63, 3.8) is 0 Å². The number of amides is 3. The van der Waals surface area contributed by atoms with E-state index in [4.69, 9.17) is 0 Å². The van der Waals surface area contributed by atoms with Gasteiger partial charge >= 0.3 is 11.8 Å². The summed E-state index contributed by atoms with van der Waals surface area (Å²) in [5.74, 6) is -1.18. The van der Waals surface area contributed by atoms with Gasteiger partial charge in [0.15, 0.2) is 0 Å². The van der Waals surface area contributed by atoms with Crippen molar-refractivity contribution in [2.75, 3.05) is 46.8 Å². The SMILES string of the molecule is CCCCN1CCN([C@H](C(=O)N(C)C2CCN(C)CC2)c2ccccc2)C(=O)C1=O. The number of piperidine rings is 1. The third kappa shape index (κ3) is 4.83. The molecule has 7 nitrogen and oxygen atoms in total. The van der Waals surface area contributed by atoms with Crippen molar-refractivity contribution in [3.05, 3.63) is 35.9 Å². The molecule has 2 fully saturated rings. The highest BCUT2D eigenvalue weighted by atomic mass is 16.2. The van der Waals surface area contributed by atoms with Gasteiger partial charge in [0.25, 0.3) is 0 Å². The van der Waals surface area contributed by atoms with E-state index in [0.717, 1.165) is 44.3 Å². The number of carbonyl (C=O) groups is 3. The van der Waals surface area contributed by atoms with E-state index in [-0.39, 0.29) is 11.9 Å². The molecule has 0 saturated carbocycles. The standard InChI is InChI=1S/C23H34N4O3/c1-4-5-13-26-16-17-27(23(30)22(26)29)20(18-9-7-6-8-10-18)21(28)25(3)19-11-14-24(2)15-12-19/h6-10,19-20H,4-5,11-17H2,1-3H3/t20-/m0/s1. The van der Waals surface area contributed by atoms with Crippen LogP contribution in [0.1, 0.15) is 44.2 Å². The molecule has 2 saturated heterocycles. The topological polar surface area (TPSA) is 64.2 Å². The van der Waals surface area contributed by atoms with Crippen LogP contribution in [0.5, 0.6) is 0 Å². The molecule has 1 atom stereocenters. The zero-order chi connectivity index (χ0) is 21.7. The van der Waals surface area contributed by atoms with Crippen molar-refractivity contribution in [1.29, 1.82) is 0 Å². The number of hydrogen-bond acceptors (Lipinski definition) is 4. The second kappa shape index (κ2) is 10.1. The lowest BCUT2D eigenvalue weighted by atomic mass is 9.99. The number of carbonyl (C=O) groups excluding carboxylic acids is 3. The molecule has 0 radical (unpaired) electrons. The first-order valence-electron chi connectivity index (χ1n) is 11.0. The van der Waals surface area contributed by atoms with Crippen LogP contribution in [0.15, 0.2) is 30.3 Å². The molecule has 0 aliphatic carbocycles. The Bertz CT molecular complexity index is 746. The molecule has 164 valence electrons. The normalized spacial score (nSPS) is 19.8. The molecule has 2 heterocycles. The van der Waals surface area contributed by atoms with Gasteiger partial charge < -0.3 is 19.6 Å². The smallest absolute Gasteiger partial charge is 0.313 e. The van der Waals surface area contributed by atoms with Crippen LogP contribution in [0.2, 0.25) is 0 Å². The molecule has 0 bridgehead atoms. The minimum atomic E-state index is -0.763. The zero-order valence-corrected chi connectivity index (χ0v) is 18.4. The van der Waals surface area contributed by atoms with Gasteiger partial charge in [-0.1, -0.05) is 43.7 Å². The van der Waals surface area contributed by atoms with E-state index in [1.54, 1.807) is 9.80 Å². The predicted molar refractivity (Wildman–Crippen MR) is 116 cm³/mol. The van der Waals surface area contributed by atoms with Crippen molar-refractivity contribution >= 4 is 17.7 Å². The molecule has 0 aromatic heterocycles. The van der Waals surface area contributed by atoms with Gasteiger partial charge in [-0.2, -0.15) is 0 Å². The maximum absolute atomic E-state index is 13.6. The molecule has 7 heteroatoms. The van der Waals surface area contributed by atoms with Gasteiger partial charge in [0.1, 0.15) is 6.04 Å². The number of piperazine rings is 1. The van der Waals surface area contributed by atoms with Crippen molar-refractivity contribution < 1.29 is 14.4 Å². The van der Waals surface area contributed by atoms with Crippen LogP contribution in [0, 0.1) is 0 Å². The molecule has 1 aromatic rings. The van der Waals surface area contributed by atoms with Gasteiger partial charge in [-0.3, -0.25) is 14.4 Å². The molecule has 3 amide bonds. The highest BCUT2D eigenvalue weighted by Crippen LogP contribution is 2.27. The van der Waals surface area contributed by atoms with E-state index in [9.17, 15) is 14.4 Å². The summed E-state index contributed by atoms with van der Waals surface area (Å²) < 4.78 is 0. The number of rotatable bonds is 7. The minimum absolute atomic E-state index is 0.112. The fourth-order valence-corrected chi connectivity index (χ4v) is 4.34. The summed E-state index contributed by atoms with van der Waals surface area (Å²) in [4.78, 5) is 46.5. The van der Waals surface area contributed by atoms with Gasteiger partial charge in [-0.15, -0.1) is 0 Å². The average molecular weight is 415 g/mol. The Hall–Kier alpha value is -2.41. The number of hydrogen-bond donors (Lipinski definition) is 0. The van der Waals surface area contributed by atoms with Crippen molar-refractivity contribution in [1.82, 2.24) is 19.6 Å². The largest absolute Gasteiger partial charge is 0.341 e. The monoisotopic (exact) mass is 414 g/mol. The molecule has 0 N–H and O–H groups in total. The van der Waals surface area contributed by atoms with Crippen molar-refractivity contribution in [2.24, 2.45) is 0 Å². The van der Waals surface area contributed by atoms with Gasteiger partial charge in [0.05, 0.1) is 0 Å². The quantitative estimate of drug-likeness (QED) is 0.638. The van der Waals surface area contributed by atoms with E-state index in [2.05, 4.69) is 18.9 Å². The number of benzene rings is 1. The lowest BCUT2D eigenvalue weighted by Gasteiger charge is -2.41. The fourth-order valence-electron chi connectivity index (χ4n) is 4.34. The summed E-state index contributed by atoms with van der Waals surface area (Å²) in [6, 6.07) is 8.75. The van der Waals surface area contributed by atoms with E-state index in [1.807, 2.05) is 37.4 Å². The van der Waals surface area contributed by atoms with Gasteiger partial charge in [0, 0.05) is 32.7 Å². The molecule has 2 aliphatic heterocycles. The van der Waals surface area contributed by atoms with Crippen molar-refractivity contribution in [2.45, 2.75) is 44.7 Å². The average Bonchev–Trinajstić information content (AvgIpc) is 2.77. The van der Waals surface area contributed by atoms with Crippen molar-refractivity contribution in [3.8, 4) is 0 Å². The molecule has 2 aliphatic rings. The third-order valence-electron chi connectivity index (χ3n) is 6.37. The molecule has 1 aromatic carbocycles. The summed E-state index contributed by atoms with van der Waals surface area (Å²) in [7, 11) is 3.92. The lowest BCUT2D eigenvalue weighted by Crippen LogP contribution is -2.58. The van der Waals surface area contributed by atoms with Crippen LogP contribution >= 0.6 is 0 Å². The van der Waals surface area contributed by atoms with E-state index < -0.39 is 17.9 Å². The Balaban J connectivity index is 1.82. The summed E-state index contributed by atoms with van der Waals surface area (Å²) >= 11 is 0. The Kier molecular flexibility index (Phi) is 7.48. The molecular formula is C23H34N4O3. The van der Waals surface area contributed by atoms with Gasteiger partial charge in [-0.05, 0) is 45.0 Å². The Morgan fingerprint density at radius 3 is 2.37 bits per heavy atom. The number of likely N-dealkylation sites (N-methyl/N-ethyl adjacent to an activating group) is 1. The fraction of sp³-hybridized carbons (Fsp3) is 0.609. The summed E-state index contributed by atoms with van der Waals surface area (Å²) in [6.45, 7) is 5.40. The third-order valence-corrected chi connectivity index (χ3v) is 6.37. The predicted octanol–water partition coefficient (Wildman–Crippen LogP) is 1.75. The highest BCUT2D eigenvalue weighted by Gasteiger charge is 2.41. The molecule has 0 spiro atoms. The number of nitrogens with zero attached hydrogens (tertiary/aromatic N) is 4. The maximum Gasteiger partial charge on any atom is 0.313 e.